The third-order valence-corrected chi connectivity index (χ3v) is 1.98. The molecule has 0 N–H and O–H groups in total. The maximum atomic E-state index is 5.22. The molecule has 0 aromatic heterocycles. The molecule has 2 aromatic rings. The number of benzene rings is 2. The zero-order valence-electron chi connectivity index (χ0n) is 9.38. The standard InChI is InChI=1S/2C8H7.Cu/c2*1-2-8-6-4-3-5-7-8;/h2*1-7H;/q2*-1;+1. The number of hydrogen-bond acceptors (Lipinski definition) is 0. The molecule has 0 spiro atoms. The molecule has 1 heteroatoms. The molecule has 90 valence electrons. The van der Waals surface area contributed by atoms with Crippen LogP contribution in [0.2, 0.25) is 0 Å². The summed E-state index contributed by atoms with van der Waals surface area (Å²) in [5.74, 6) is 0. The van der Waals surface area contributed by atoms with Gasteiger partial charge in [0.25, 0.3) is 0 Å². The van der Waals surface area contributed by atoms with Crippen molar-refractivity contribution in [1.29, 1.82) is 0 Å². The summed E-state index contributed by atoms with van der Waals surface area (Å²) in [5, 5.41) is 0. The number of hydrogen-bond donors (Lipinski definition) is 0. The molecule has 2 rings (SSSR count). The Morgan fingerprint density at radius 1 is 0.588 bits per heavy atom. The summed E-state index contributed by atoms with van der Waals surface area (Å²) in [5.41, 5.74) is 2.13. The Bertz CT molecular complexity index is 374. The van der Waals surface area contributed by atoms with Crippen LogP contribution in [0, 0.1) is 13.2 Å². The maximum absolute atomic E-state index is 5.22. The molecular formula is C16H14Cu-. The van der Waals surface area contributed by atoms with Gasteiger partial charge in [0, 0.05) is 0 Å². The summed E-state index contributed by atoms with van der Waals surface area (Å²) >= 11 is 0. The van der Waals surface area contributed by atoms with E-state index in [-0.39, 0.29) is 17.1 Å². The van der Waals surface area contributed by atoms with Gasteiger partial charge >= 0.3 is 17.1 Å². The maximum Gasteiger partial charge on any atom is 1.00 e. The summed E-state index contributed by atoms with van der Waals surface area (Å²) < 4.78 is 0. The summed E-state index contributed by atoms with van der Waals surface area (Å²) in [4.78, 5) is 0. The monoisotopic (exact) mass is 269 g/mol. The molecule has 0 saturated carbocycles. The average Bonchev–Trinajstić information content (AvgIpc) is 2.41. The summed E-state index contributed by atoms with van der Waals surface area (Å²) in [6, 6.07) is 19.6. The Morgan fingerprint density at radius 3 is 1.06 bits per heavy atom. The van der Waals surface area contributed by atoms with Gasteiger partial charge in [-0.3, -0.25) is 13.2 Å². The zero-order chi connectivity index (χ0) is 11.6. The quantitative estimate of drug-likeness (QED) is 0.564. The summed E-state index contributed by atoms with van der Waals surface area (Å²) in [6.07, 6.45) is 3.17. The van der Waals surface area contributed by atoms with Crippen LogP contribution in [0.4, 0.5) is 0 Å². The third kappa shape index (κ3) is 6.57. The van der Waals surface area contributed by atoms with Gasteiger partial charge in [0.15, 0.2) is 0 Å². The molecule has 0 unspecified atom stereocenters. The first-order valence-corrected chi connectivity index (χ1v) is 5.07. The van der Waals surface area contributed by atoms with Crippen LogP contribution in [0.5, 0.6) is 0 Å². The second kappa shape index (κ2) is 9.65. The van der Waals surface area contributed by atoms with Gasteiger partial charge in [-0.1, -0.05) is 36.4 Å². The zero-order valence-corrected chi connectivity index (χ0v) is 10.3. The molecule has 0 amide bonds. The first-order valence-electron chi connectivity index (χ1n) is 5.07. The van der Waals surface area contributed by atoms with Gasteiger partial charge in [-0.15, -0.1) is 24.3 Å². The molecule has 0 atom stereocenters. The van der Waals surface area contributed by atoms with Crippen LogP contribution in [0.1, 0.15) is 11.1 Å². The molecule has 0 aliphatic carbocycles. The van der Waals surface area contributed by atoms with Crippen LogP contribution >= 0.6 is 0 Å². The molecule has 0 aliphatic rings. The van der Waals surface area contributed by atoms with Gasteiger partial charge in [0.1, 0.15) is 0 Å². The van der Waals surface area contributed by atoms with E-state index in [0.29, 0.717) is 0 Å². The Hall–Kier alpha value is -1.56. The molecule has 0 aliphatic heterocycles. The topological polar surface area (TPSA) is 0 Å². The van der Waals surface area contributed by atoms with E-state index in [2.05, 4.69) is 0 Å². The Balaban J connectivity index is 0.000000284. The van der Waals surface area contributed by atoms with E-state index < -0.39 is 0 Å². The fourth-order valence-electron chi connectivity index (χ4n) is 1.13. The van der Waals surface area contributed by atoms with E-state index in [4.69, 9.17) is 13.2 Å². The van der Waals surface area contributed by atoms with Gasteiger partial charge in [-0.25, -0.2) is 12.2 Å². The van der Waals surface area contributed by atoms with Gasteiger partial charge in [-0.2, -0.15) is 11.1 Å². The molecule has 2 aromatic carbocycles. The first kappa shape index (κ1) is 15.4. The van der Waals surface area contributed by atoms with E-state index in [1.165, 1.54) is 0 Å². The van der Waals surface area contributed by atoms with Crippen molar-refractivity contribution in [1.82, 2.24) is 0 Å². The van der Waals surface area contributed by atoms with E-state index in [9.17, 15) is 0 Å². The minimum absolute atomic E-state index is 0. The minimum atomic E-state index is 0. The fraction of sp³-hybridized carbons (Fsp3) is 0. The first-order chi connectivity index (χ1) is 7.86. The van der Waals surface area contributed by atoms with E-state index in [1.54, 1.807) is 12.2 Å². The van der Waals surface area contributed by atoms with E-state index in [1.807, 2.05) is 60.7 Å². The van der Waals surface area contributed by atoms with Crippen LogP contribution < -0.4 is 0 Å². The van der Waals surface area contributed by atoms with Crippen LogP contribution in [0.3, 0.4) is 0 Å². The predicted octanol–water partition coefficient (Wildman–Crippen LogP) is 4.26. The van der Waals surface area contributed by atoms with Crippen molar-refractivity contribution in [2.75, 3.05) is 0 Å². The molecule has 0 radical (unpaired) electrons. The SMILES string of the molecule is [CH-]=Cc1ccccc1.[CH-]=Cc1ccccc1.[Cu+]. The molecule has 0 saturated heterocycles. The minimum Gasteiger partial charge on any atom is -0.292 e. The normalized spacial score (nSPS) is 8.00. The Morgan fingerprint density at radius 2 is 0.882 bits per heavy atom. The van der Waals surface area contributed by atoms with Crippen molar-refractivity contribution in [2.45, 2.75) is 0 Å². The Labute approximate surface area is 114 Å². The van der Waals surface area contributed by atoms with Crippen molar-refractivity contribution in [3.8, 4) is 0 Å². The van der Waals surface area contributed by atoms with Gasteiger partial charge < -0.3 is 0 Å². The smallest absolute Gasteiger partial charge is 0.292 e. The van der Waals surface area contributed by atoms with Crippen molar-refractivity contribution in [2.24, 2.45) is 0 Å². The van der Waals surface area contributed by atoms with E-state index >= 15 is 0 Å². The molecule has 0 heterocycles. The van der Waals surface area contributed by atoms with E-state index in [0.717, 1.165) is 11.1 Å². The molecule has 0 bridgehead atoms. The average molecular weight is 270 g/mol. The third-order valence-electron chi connectivity index (χ3n) is 1.98. The number of rotatable bonds is 2. The summed E-state index contributed by atoms with van der Waals surface area (Å²) in [6.45, 7) is 10.4. The van der Waals surface area contributed by atoms with Gasteiger partial charge in [0.05, 0.1) is 0 Å². The van der Waals surface area contributed by atoms with Crippen molar-refractivity contribution in [3.63, 3.8) is 0 Å². The van der Waals surface area contributed by atoms with Crippen LogP contribution in [-0.2, 0) is 17.1 Å². The van der Waals surface area contributed by atoms with Crippen molar-refractivity contribution < 1.29 is 17.1 Å². The van der Waals surface area contributed by atoms with Crippen molar-refractivity contribution in [3.05, 3.63) is 84.9 Å². The predicted molar refractivity (Wildman–Crippen MR) is 70.4 cm³/mol. The Kier molecular flexibility index (Phi) is 8.76. The largest absolute Gasteiger partial charge is 1.00 e. The van der Waals surface area contributed by atoms with Crippen molar-refractivity contribution >= 4 is 12.2 Å². The molecular weight excluding hydrogens is 256 g/mol. The molecule has 17 heavy (non-hydrogen) atoms. The van der Waals surface area contributed by atoms with Gasteiger partial charge in [0.2, 0.25) is 0 Å². The second-order valence-electron chi connectivity index (χ2n) is 3.15. The van der Waals surface area contributed by atoms with Crippen LogP contribution in [0.25, 0.3) is 12.2 Å². The summed E-state index contributed by atoms with van der Waals surface area (Å²) in [7, 11) is 0. The second-order valence-corrected chi connectivity index (χ2v) is 3.15. The van der Waals surface area contributed by atoms with Gasteiger partial charge in [-0.05, 0) is 0 Å². The fourth-order valence-corrected chi connectivity index (χ4v) is 1.13. The molecule has 0 nitrogen and oxygen atoms in total. The molecule has 0 fully saturated rings. The van der Waals surface area contributed by atoms with Crippen LogP contribution in [-0.4, -0.2) is 0 Å². The van der Waals surface area contributed by atoms with Crippen LogP contribution in [0.15, 0.2) is 60.7 Å².